The van der Waals surface area contributed by atoms with Gasteiger partial charge in [-0.05, 0) is 43.9 Å². The molecule has 1 fully saturated rings. The Balaban J connectivity index is 2.05. The summed E-state index contributed by atoms with van der Waals surface area (Å²) in [7, 11) is 0. The van der Waals surface area contributed by atoms with E-state index in [0.717, 1.165) is 24.0 Å². The zero-order chi connectivity index (χ0) is 14.4. The highest BCUT2D eigenvalue weighted by atomic mass is 16.2. The number of hydrogen-bond donors (Lipinski definition) is 3. The summed E-state index contributed by atoms with van der Waals surface area (Å²) >= 11 is 0. The predicted octanol–water partition coefficient (Wildman–Crippen LogP) is 2.40. The highest BCUT2D eigenvalue weighted by Gasteiger charge is 2.19. The van der Waals surface area contributed by atoms with Gasteiger partial charge in [0, 0.05) is 18.0 Å². The van der Waals surface area contributed by atoms with E-state index in [0.29, 0.717) is 18.2 Å². The number of rotatable bonds is 3. The maximum absolute atomic E-state index is 11.9. The van der Waals surface area contributed by atoms with Crippen LogP contribution in [0.25, 0.3) is 0 Å². The van der Waals surface area contributed by atoms with Crippen molar-refractivity contribution in [3.63, 3.8) is 0 Å². The first-order chi connectivity index (χ1) is 9.69. The van der Waals surface area contributed by atoms with Crippen LogP contribution in [-0.4, -0.2) is 23.8 Å². The fourth-order valence-electron chi connectivity index (χ4n) is 1.98. The predicted molar refractivity (Wildman–Crippen MR) is 79.6 cm³/mol. The summed E-state index contributed by atoms with van der Waals surface area (Å²) in [5.41, 5.74) is 2.57. The van der Waals surface area contributed by atoms with Crippen LogP contribution in [0.3, 0.4) is 0 Å². The van der Waals surface area contributed by atoms with E-state index in [1.807, 2.05) is 25.1 Å². The highest BCUT2D eigenvalue weighted by Crippen LogP contribution is 2.19. The molecule has 1 aliphatic rings. The van der Waals surface area contributed by atoms with E-state index in [4.69, 9.17) is 5.11 Å². The van der Waals surface area contributed by atoms with Crippen molar-refractivity contribution < 1.29 is 9.90 Å². The van der Waals surface area contributed by atoms with Crippen molar-refractivity contribution in [2.75, 3.05) is 11.9 Å². The largest absolute Gasteiger partial charge is 0.395 e. The van der Waals surface area contributed by atoms with Gasteiger partial charge in [0.1, 0.15) is 0 Å². The summed E-state index contributed by atoms with van der Waals surface area (Å²) in [6.07, 6.45) is 3.74. The molecule has 0 saturated heterocycles. The Morgan fingerprint density at radius 1 is 1.45 bits per heavy atom. The van der Waals surface area contributed by atoms with E-state index in [9.17, 15) is 4.79 Å². The standard InChI is InChI=1S/C16H20N2O2/c1-12-8-9-15(13(11-12)5-2-3-10-19)18-16(20)17-14-6-4-7-14/h8-9,11,14,19H,3-4,6-7,10H2,1H3,(H2,17,18,20). The van der Waals surface area contributed by atoms with Gasteiger partial charge in [-0.3, -0.25) is 0 Å². The third-order valence-corrected chi connectivity index (χ3v) is 3.32. The second-order valence-corrected chi connectivity index (χ2v) is 5.05. The van der Waals surface area contributed by atoms with Crippen molar-refractivity contribution in [2.45, 2.75) is 38.6 Å². The van der Waals surface area contributed by atoms with Gasteiger partial charge in [0.05, 0.1) is 12.3 Å². The number of amides is 2. The molecule has 2 amide bonds. The smallest absolute Gasteiger partial charge is 0.319 e. The minimum atomic E-state index is -0.177. The van der Waals surface area contributed by atoms with Crippen LogP contribution in [0.15, 0.2) is 18.2 Å². The molecular weight excluding hydrogens is 252 g/mol. The summed E-state index contributed by atoms with van der Waals surface area (Å²) in [5.74, 6) is 5.87. The van der Waals surface area contributed by atoms with Gasteiger partial charge in [-0.1, -0.05) is 17.9 Å². The van der Waals surface area contributed by atoms with Crippen molar-refractivity contribution in [1.29, 1.82) is 0 Å². The van der Waals surface area contributed by atoms with E-state index in [-0.39, 0.29) is 12.6 Å². The lowest BCUT2D eigenvalue weighted by atomic mass is 9.93. The first-order valence-electron chi connectivity index (χ1n) is 6.97. The molecule has 0 atom stereocenters. The number of hydrogen-bond acceptors (Lipinski definition) is 2. The number of benzene rings is 1. The van der Waals surface area contributed by atoms with E-state index < -0.39 is 0 Å². The quantitative estimate of drug-likeness (QED) is 0.740. The van der Waals surface area contributed by atoms with Crippen molar-refractivity contribution in [3.8, 4) is 11.8 Å². The molecule has 1 aromatic carbocycles. The van der Waals surface area contributed by atoms with E-state index >= 15 is 0 Å². The van der Waals surface area contributed by atoms with Gasteiger partial charge < -0.3 is 15.7 Å². The molecule has 1 aliphatic carbocycles. The normalized spacial score (nSPS) is 13.9. The highest BCUT2D eigenvalue weighted by molar-refractivity contribution is 5.91. The maximum Gasteiger partial charge on any atom is 0.319 e. The Morgan fingerprint density at radius 3 is 2.90 bits per heavy atom. The Hall–Kier alpha value is -1.99. The number of aryl methyl sites for hydroxylation is 1. The second kappa shape index (κ2) is 6.97. The van der Waals surface area contributed by atoms with Gasteiger partial charge in [0.15, 0.2) is 0 Å². The Bertz CT molecular complexity index is 539. The van der Waals surface area contributed by atoms with E-state index in [1.165, 1.54) is 6.42 Å². The Labute approximate surface area is 119 Å². The van der Waals surface area contributed by atoms with Crippen LogP contribution >= 0.6 is 0 Å². The van der Waals surface area contributed by atoms with Crippen LogP contribution in [0.2, 0.25) is 0 Å². The first-order valence-corrected chi connectivity index (χ1v) is 6.97. The summed E-state index contributed by atoms with van der Waals surface area (Å²) in [6, 6.07) is 5.87. The van der Waals surface area contributed by atoms with E-state index in [1.54, 1.807) is 0 Å². The molecule has 0 radical (unpaired) electrons. The van der Waals surface area contributed by atoms with Gasteiger partial charge in [-0.15, -0.1) is 0 Å². The minimum absolute atomic E-state index is 0.0454. The zero-order valence-corrected chi connectivity index (χ0v) is 11.7. The summed E-state index contributed by atoms with van der Waals surface area (Å²) in [4.78, 5) is 11.9. The first kappa shape index (κ1) is 14.4. The molecule has 20 heavy (non-hydrogen) atoms. The molecule has 0 heterocycles. The molecule has 1 saturated carbocycles. The van der Waals surface area contributed by atoms with Crippen LogP contribution in [-0.2, 0) is 0 Å². The number of carbonyl (C=O) groups excluding carboxylic acids is 1. The SMILES string of the molecule is Cc1ccc(NC(=O)NC2CCC2)c(C#CCCO)c1. The molecule has 0 unspecified atom stereocenters. The Kier molecular flexibility index (Phi) is 5.03. The Morgan fingerprint density at radius 2 is 2.25 bits per heavy atom. The zero-order valence-electron chi connectivity index (χ0n) is 11.7. The number of aliphatic hydroxyl groups is 1. The maximum atomic E-state index is 11.9. The van der Waals surface area contributed by atoms with Gasteiger partial charge in [0.25, 0.3) is 0 Å². The molecule has 4 heteroatoms. The lowest BCUT2D eigenvalue weighted by Gasteiger charge is -2.26. The van der Waals surface area contributed by atoms with Crippen LogP contribution in [0, 0.1) is 18.8 Å². The molecule has 3 N–H and O–H groups in total. The number of aliphatic hydroxyl groups excluding tert-OH is 1. The third-order valence-electron chi connectivity index (χ3n) is 3.32. The average Bonchev–Trinajstić information content (AvgIpc) is 2.37. The van der Waals surface area contributed by atoms with Crippen molar-refractivity contribution in [1.82, 2.24) is 5.32 Å². The minimum Gasteiger partial charge on any atom is -0.395 e. The molecule has 4 nitrogen and oxygen atoms in total. The lowest BCUT2D eigenvalue weighted by molar-refractivity contribution is 0.240. The van der Waals surface area contributed by atoms with E-state index in [2.05, 4.69) is 22.5 Å². The molecule has 0 aliphatic heterocycles. The monoisotopic (exact) mass is 272 g/mol. The van der Waals surface area contributed by atoms with Gasteiger partial charge >= 0.3 is 6.03 Å². The van der Waals surface area contributed by atoms with Crippen molar-refractivity contribution in [2.24, 2.45) is 0 Å². The average molecular weight is 272 g/mol. The fraction of sp³-hybridized carbons (Fsp3) is 0.438. The van der Waals surface area contributed by atoms with Crippen molar-refractivity contribution >= 4 is 11.7 Å². The summed E-state index contributed by atoms with van der Waals surface area (Å²) in [5, 5.41) is 14.5. The summed E-state index contributed by atoms with van der Waals surface area (Å²) in [6.45, 7) is 2.03. The summed E-state index contributed by atoms with van der Waals surface area (Å²) < 4.78 is 0. The van der Waals surface area contributed by atoms with Gasteiger partial charge in [-0.2, -0.15) is 0 Å². The number of anilines is 1. The van der Waals surface area contributed by atoms with Crippen LogP contribution in [0.5, 0.6) is 0 Å². The lowest BCUT2D eigenvalue weighted by Crippen LogP contribution is -2.41. The molecule has 106 valence electrons. The number of urea groups is 1. The molecule has 1 aromatic rings. The van der Waals surface area contributed by atoms with Crippen LogP contribution in [0.4, 0.5) is 10.5 Å². The topological polar surface area (TPSA) is 61.4 Å². The number of carbonyl (C=O) groups is 1. The molecular formula is C16H20N2O2. The third kappa shape index (κ3) is 4.01. The van der Waals surface area contributed by atoms with Crippen LogP contribution in [0.1, 0.15) is 36.8 Å². The van der Waals surface area contributed by atoms with Gasteiger partial charge in [-0.25, -0.2) is 4.79 Å². The second-order valence-electron chi connectivity index (χ2n) is 5.05. The van der Waals surface area contributed by atoms with Crippen molar-refractivity contribution in [3.05, 3.63) is 29.3 Å². The van der Waals surface area contributed by atoms with Crippen LogP contribution < -0.4 is 10.6 Å². The van der Waals surface area contributed by atoms with Gasteiger partial charge in [0.2, 0.25) is 0 Å². The molecule has 0 spiro atoms. The fourth-order valence-corrected chi connectivity index (χ4v) is 1.98. The molecule has 2 rings (SSSR count). The molecule has 0 aromatic heterocycles. The molecule has 0 bridgehead atoms. The number of nitrogens with one attached hydrogen (secondary N) is 2.